The van der Waals surface area contributed by atoms with E-state index in [2.05, 4.69) is 5.32 Å². The summed E-state index contributed by atoms with van der Waals surface area (Å²) < 4.78 is 25.2. The zero-order valence-corrected chi connectivity index (χ0v) is 18.3. The number of nitrogens with one attached hydrogen (secondary N) is 1. The lowest BCUT2D eigenvalue weighted by Crippen LogP contribution is -2.39. The molecule has 9 nitrogen and oxygen atoms in total. The Balaban J connectivity index is 1.68. The van der Waals surface area contributed by atoms with Gasteiger partial charge in [0, 0.05) is 24.8 Å². The van der Waals surface area contributed by atoms with Gasteiger partial charge in [0.25, 0.3) is 15.9 Å². The van der Waals surface area contributed by atoms with E-state index in [9.17, 15) is 18.0 Å². The Morgan fingerprint density at radius 2 is 1.94 bits per heavy atom. The average molecular weight is 447 g/mol. The summed E-state index contributed by atoms with van der Waals surface area (Å²) in [5.74, 6) is -0.679. The highest BCUT2D eigenvalue weighted by Crippen LogP contribution is 2.22. The van der Waals surface area contributed by atoms with Crippen molar-refractivity contribution in [1.29, 1.82) is 0 Å². The Kier molecular flexibility index (Phi) is 7.06. The molecule has 31 heavy (non-hydrogen) atoms. The Morgan fingerprint density at radius 1 is 1.23 bits per heavy atom. The number of carbonyl (C=O) groups is 2. The van der Waals surface area contributed by atoms with Gasteiger partial charge in [0.1, 0.15) is 0 Å². The normalized spacial score (nSPS) is 17.1. The number of hydrogen-bond donors (Lipinski definition) is 2. The molecule has 0 aromatic heterocycles. The van der Waals surface area contributed by atoms with Gasteiger partial charge in [0.05, 0.1) is 18.0 Å². The molecule has 0 saturated carbocycles. The van der Waals surface area contributed by atoms with Crippen LogP contribution in [0.25, 0.3) is 0 Å². The molecule has 3 N–H and O–H groups in total. The summed E-state index contributed by atoms with van der Waals surface area (Å²) in [6.07, 6.45) is 1.69. The van der Waals surface area contributed by atoms with E-state index >= 15 is 0 Å². The van der Waals surface area contributed by atoms with Gasteiger partial charge in [0.15, 0.2) is 0 Å². The number of nitrogens with zero attached hydrogens (tertiary/aromatic N) is 2. The number of carbonyl (C=O) groups excluding carboxylic acids is 2. The molecule has 1 aliphatic rings. The molecule has 1 fully saturated rings. The lowest BCUT2D eigenvalue weighted by atomic mass is 10.1. The fourth-order valence-corrected chi connectivity index (χ4v) is 4.52. The summed E-state index contributed by atoms with van der Waals surface area (Å²) in [5.41, 5.74) is 7.35. The molecule has 1 saturated heterocycles. The van der Waals surface area contributed by atoms with Crippen molar-refractivity contribution in [2.45, 2.75) is 30.3 Å². The number of primary amides is 1. The van der Waals surface area contributed by atoms with Gasteiger partial charge in [-0.15, -0.1) is 0 Å². The molecule has 2 aromatic rings. The SMILES string of the molecule is CON(C)S(=O)(=O)c1ccc(C(=O)Nc2cccc(CN3CCCC3C(N)=O)c2)cc1. The van der Waals surface area contributed by atoms with E-state index in [1.165, 1.54) is 38.4 Å². The molecule has 0 aliphatic carbocycles. The lowest BCUT2D eigenvalue weighted by Gasteiger charge is -2.22. The molecule has 2 aromatic carbocycles. The van der Waals surface area contributed by atoms with E-state index in [0.717, 1.165) is 29.4 Å². The van der Waals surface area contributed by atoms with E-state index in [-0.39, 0.29) is 22.8 Å². The molecule has 2 amide bonds. The van der Waals surface area contributed by atoms with Crippen LogP contribution in [0, 0.1) is 0 Å². The molecule has 1 unspecified atom stereocenters. The zero-order valence-electron chi connectivity index (χ0n) is 17.4. The summed E-state index contributed by atoms with van der Waals surface area (Å²) in [5, 5.41) is 2.82. The number of amides is 2. The van der Waals surface area contributed by atoms with E-state index in [0.29, 0.717) is 17.8 Å². The molecular formula is C21H26N4O5S. The third-order valence-electron chi connectivity index (χ3n) is 5.27. The van der Waals surface area contributed by atoms with Crippen molar-refractivity contribution in [1.82, 2.24) is 9.37 Å². The highest BCUT2D eigenvalue weighted by Gasteiger charge is 2.28. The molecule has 1 aliphatic heterocycles. The molecule has 166 valence electrons. The van der Waals surface area contributed by atoms with Crippen LogP contribution in [0.4, 0.5) is 5.69 Å². The number of anilines is 1. The van der Waals surface area contributed by atoms with E-state index in [1.807, 2.05) is 23.1 Å². The van der Waals surface area contributed by atoms with Crippen molar-refractivity contribution in [3.05, 3.63) is 59.7 Å². The second kappa shape index (κ2) is 9.56. The number of hydrogen-bond acceptors (Lipinski definition) is 6. The zero-order chi connectivity index (χ0) is 22.6. The minimum absolute atomic E-state index is 0.0185. The second-order valence-electron chi connectivity index (χ2n) is 7.31. The predicted octanol–water partition coefficient (Wildman–Crippen LogP) is 1.57. The van der Waals surface area contributed by atoms with Crippen LogP contribution < -0.4 is 11.1 Å². The number of hydroxylamine groups is 1. The van der Waals surface area contributed by atoms with Crippen molar-refractivity contribution in [3.8, 4) is 0 Å². The number of benzene rings is 2. The highest BCUT2D eigenvalue weighted by atomic mass is 32.2. The van der Waals surface area contributed by atoms with Crippen LogP contribution in [0.2, 0.25) is 0 Å². The van der Waals surface area contributed by atoms with Gasteiger partial charge in [-0.1, -0.05) is 16.6 Å². The topological polar surface area (TPSA) is 122 Å². The fraction of sp³-hybridized carbons (Fsp3) is 0.333. The number of sulfonamides is 1. The quantitative estimate of drug-likeness (QED) is 0.594. The first-order valence-electron chi connectivity index (χ1n) is 9.79. The summed E-state index contributed by atoms with van der Waals surface area (Å²) >= 11 is 0. The predicted molar refractivity (Wildman–Crippen MR) is 115 cm³/mol. The fourth-order valence-electron chi connectivity index (χ4n) is 3.55. The van der Waals surface area contributed by atoms with Crippen molar-refractivity contribution < 1.29 is 22.8 Å². The van der Waals surface area contributed by atoms with Crippen LogP contribution in [0.1, 0.15) is 28.8 Å². The van der Waals surface area contributed by atoms with Crippen molar-refractivity contribution >= 4 is 27.5 Å². The number of nitrogens with two attached hydrogens (primary N) is 1. The van der Waals surface area contributed by atoms with Crippen LogP contribution in [-0.4, -0.2) is 56.3 Å². The van der Waals surface area contributed by atoms with E-state index < -0.39 is 10.0 Å². The van der Waals surface area contributed by atoms with Crippen LogP contribution in [0.3, 0.4) is 0 Å². The highest BCUT2D eigenvalue weighted by molar-refractivity contribution is 7.89. The molecule has 1 atom stereocenters. The summed E-state index contributed by atoms with van der Waals surface area (Å²) in [6, 6.07) is 12.7. The molecule has 0 radical (unpaired) electrons. The maximum Gasteiger partial charge on any atom is 0.264 e. The monoisotopic (exact) mass is 446 g/mol. The Morgan fingerprint density at radius 3 is 2.58 bits per heavy atom. The number of rotatable bonds is 8. The standard InChI is InChI=1S/C21H26N4O5S/c1-24(30-2)31(28,29)18-10-8-16(9-11-18)21(27)23-17-6-3-5-15(13-17)14-25-12-4-7-19(25)20(22)26/h3,5-6,8-11,13,19H,4,7,12,14H2,1-2H3,(H2,22,26)(H,23,27). The van der Waals surface area contributed by atoms with Crippen molar-refractivity contribution in [2.24, 2.45) is 5.73 Å². The Labute approximate surface area is 181 Å². The van der Waals surface area contributed by atoms with Crippen molar-refractivity contribution in [3.63, 3.8) is 0 Å². The van der Waals surface area contributed by atoms with Crippen LogP contribution >= 0.6 is 0 Å². The van der Waals surface area contributed by atoms with Gasteiger partial charge >= 0.3 is 0 Å². The summed E-state index contributed by atoms with van der Waals surface area (Å²) in [6.45, 7) is 1.37. The minimum Gasteiger partial charge on any atom is -0.368 e. The smallest absolute Gasteiger partial charge is 0.264 e. The van der Waals surface area contributed by atoms with Gasteiger partial charge < -0.3 is 11.1 Å². The Hall–Kier alpha value is -2.79. The van der Waals surface area contributed by atoms with Crippen LogP contribution in [-0.2, 0) is 26.2 Å². The third kappa shape index (κ3) is 5.28. The van der Waals surface area contributed by atoms with Gasteiger partial charge in [-0.05, 0) is 61.3 Å². The maximum atomic E-state index is 12.6. The number of likely N-dealkylation sites (tertiary alicyclic amines) is 1. The van der Waals surface area contributed by atoms with E-state index in [4.69, 9.17) is 10.6 Å². The average Bonchev–Trinajstić information content (AvgIpc) is 3.21. The molecule has 10 heteroatoms. The van der Waals surface area contributed by atoms with Crippen LogP contribution in [0.5, 0.6) is 0 Å². The first kappa shape index (κ1) is 22.9. The van der Waals surface area contributed by atoms with Gasteiger partial charge in [-0.2, -0.15) is 0 Å². The van der Waals surface area contributed by atoms with Gasteiger partial charge in [0.2, 0.25) is 5.91 Å². The van der Waals surface area contributed by atoms with E-state index in [1.54, 1.807) is 6.07 Å². The first-order valence-corrected chi connectivity index (χ1v) is 11.2. The summed E-state index contributed by atoms with van der Waals surface area (Å²) in [4.78, 5) is 31.0. The second-order valence-corrected chi connectivity index (χ2v) is 9.24. The molecule has 0 spiro atoms. The third-order valence-corrected chi connectivity index (χ3v) is 6.97. The molecule has 3 rings (SSSR count). The molecule has 0 bridgehead atoms. The van der Waals surface area contributed by atoms with Gasteiger partial charge in [-0.3, -0.25) is 19.3 Å². The largest absolute Gasteiger partial charge is 0.368 e. The molecule has 1 heterocycles. The maximum absolute atomic E-state index is 12.6. The first-order chi connectivity index (χ1) is 14.7. The lowest BCUT2D eigenvalue weighted by molar-refractivity contribution is -0.122. The molecular weight excluding hydrogens is 420 g/mol. The van der Waals surface area contributed by atoms with Gasteiger partial charge in [-0.25, -0.2) is 8.42 Å². The Bertz CT molecular complexity index is 1060. The minimum atomic E-state index is -3.78. The van der Waals surface area contributed by atoms with Crippen molar-refractivity contribution in [2.75, 3.05) is 26.0 Å². The summed E-state index contributed by atoms with van der Waals surface area (Å²) in [7, 11) is -1.23. The van der Waals surface area contributed by atoms with Crippen LogP contribution in [0.15, 0.2) is 53.4 Å².